The number of aliphatic hydroxyl groups is 1. The quantitative estimate of drug-likeness (QED) is 0.451. The molecule has 1 atom stereocenters. The number of aliphatic hydroxyl groups excluding tert-OH is 1. The second-order valence-corrected chi connectivity index (χ2v) is 6.29. The molecule has 0 bridgehead atoms. The van der Waals surface area contributed by atoms with Crippen molar-refractivity contribution in [2.75, 3.05) is 0 Å². The summed E-state index contributed by atoms with van der Waals surface area (Å²) in [6.45, 7) is 9.37. The molecule has 1 unspecified atom stereocenters. The van der Waals surface area contributed by atoms with E-state index in [0.29, 0.717) is 22.5 Å². The summed E-state index contributed by atoms with van der Waals surface area (Å²) in [5, 5.41) is 11.1. The number of fused-ring (bicyclic) bond motifs is 1. The Labute approximate surface area is 180 Å². The number of nitrogens with zero attached hydrogens (tertiary/aromatic N) is 2. The van der Waals surface area contributed by atoms with Crippen LogP contribution in [0.2, 0.25) is 0 Å². The van der Waals surface area contributed by atoms with Crippen molar-refractivity contribution < 1.29 is 18.3 Å². The highest BCUT2D eigenvalue weighted by molar-refractivity contribution is 5.89. The van der Waals surface area contributed by atoms with Crippen molar-refractivity contribution in [1.82, 2.24) is 9.97 Å². The summed E-state index contributed by atoms with van der Waals surface area (Å²) in [7, 11) is 0. The van der Waals surface area contributed by atoms with Gasteiger partial charge < -0.3 is 5.11 Å². The standard InChI is InChI=1S/C23H19F3N2O.C2H6/c1-3-5-9-15(4-2)20-14-17(22(29)19-12-6-7-13-27-19)16-10-8-11-18(21(16)28-20)23(24,25)26;1-2/h3-14,22,29H,1H2,2H3;1-2H3/b9-5-,15-4+;. The van der Waals surface area contributed by atoms with Crippen LogP contribution in [0.1, 0.15) is 49.4 Å². The lowest BCUT2D eigenvalue weighted by atomic mass is 9.96. The SMILES string of the molecule is C=C/C=C\C(=C/C)c1cc(C(O)c2ccccn2)c2cccc(C(F)(F)F)c2n1.CC. The zero-order chi connectivity index (χ0) is 23.0. The van der Waals surface area contributed by atoms with Gasteiger partial charge in [-0.25, -0.2) is 4.98 Å². The number of rotatable bonds is 5. The van der Waals surface area contributed by atoms with Crippen molar-refractivity contribution in [2.24, 2.45) is 0 Å². The van der Waals surface area contributed by atoms with Gasteiger partial charge in [0.25, 0.3) is 0 Å². The number of hydrogen-bond donors (Lipinski definition) is 1. The number of benzene rings is 1. The summed E-state index contributed by atoms with van der Waals surface area (Å²) in [6, 6.07) is 10.5. The van der Waals surface area contributed by atoms with Crippen LogP contribution in [0.5, 0.6) is 0 Å². The van der Waals surface area contributed by atoms with Crippen LogP contribution in [-0.2, 0) is 6.18 Å². The molecule has 3 aromatic rings. The summed E-state index contributed by atoms with van der Waals surface area (Å²) in [5.41, 5.74) is 0.509. The maximum Gasteiger partial charge on any atom is 0.418 e. The maximum atomic E-state index is 13.6. The van der Waals surface area contributed by atoms with E-state index in [1.54, 1.807) is 55.5 Å². The molecule has 2 aromatic heterocycles. The van der Waals surface area contributed by atoms with E-state index in [-0.39, 0.29) is 10.9 Å². The van der Waals surface area contributed by atoms with Gasteiger partial charge in [-0.3, -0.25) is 4.98 Å². The van der Waals surface area contributed by atoms with E-state index in [0.717, 1.165) is 6.07 Å². The van der Waals surface area contributed by atoms with Gasteiger partial charge in [0, 0.05) is 11.6 Å². The van der Waals surface area contributed by atoms with E-state index >= 15 is 0 Å². The first-order valence-corrected chi connectivity index (χ1v) is 9.92. The second kappa shape index (κ2) is 10.7. The second-order valence-electron chi connectivity index (χ2n) is 6.29. The van der Waals surface area contributed by atoms with Crippen LogP contribution in [0, 0.1) is 0 Å². The van der Waals surface area contributed by atoms with Gasteiger partial charge in [0.15, 0.2) is 0 Å². The van der Waals surface area contributed by atoms with Gasteiger partial charge in [0.1, 0.15) is 6.10 Å². The van der Waals surface area contributed by atoms with E-state index in [4.69, 9.17) is 0 Å². The topological polar surface area (TPSA) is 46.0 Å². The molecule has 6 heteroatoms. The molecule has 0 radical (unpaired) electrons. The number of alkyl halides is 3. The Hall–Kier alpha value is -3.25. The fraction of sp³-hybridized carbons (Fsp3) is 0.200. The van der Waals surface area contributed by atoms with Crippen molar-refractivity contribution >= 4 is 16.5 Å². The maximum absolute atomic E-state index is 13.6. The molecule has 3 nitrogen and oxygen atoms in total. The van der Waals surface area contributed by atoms with E-state index in [2.05, 4.69) is 16.5 Å². The molecule has 2 heterocycles. The number of pyridine rings is 2. The minimum atomic E-state index is -4.58. The van der Waals surface area contributed by atoms with Crippen LogP contribution >= 0.6 is 0 Å². The third-order valence-corrected chi connectivity index (χ3v) is 4.46. The normalized spacial score (nSPS) is 13.1. The molecule has 162 valence electrons. The predicted octanol–water partition coefficient (Wildman–Crippen LogP) is 6.90. The molecule has 1 N–H and O–H groups in total. The fourth-order valence-electron chi connectivity index (χ4n) is 3.08. The minimum absolute atomic E-state index is 0.214. The largest absolute Gasteiger partial charge is 0.418 e. The van der Waals surface area contributed by atoms with Crippen molar-refractivity contribution in [3.63, 3.8) is 0 Å². The van der Waals surface area contributed by atoms with E-state index in [9.17, 15) is 18.3 Å². The highest BCUT2D eigenvalue weighted by atomic mass is 19.4. The zero-order valence-corrected chi connectivity index (χ0v) is 17.7. The third-order valence-electron chi connectivity index (χ3n) is 4.46. The summed E-state index contributed by atoms with van der Waals surface area (Å²) < 4.78 is 40.9. The Kier molecular flexibility index (Phi) is 8.28. The molecule has 0 saturated carbocycles. The Morgan fingerprint density at radius 2 is 1.87 bits per heavy atom. The number of halogens is 3. The van der Waals surface area contributed by atoms with Crippen LogP contribution in [0.4, 0.5) is 13.2 Å². The van der Waals surface area contributed by atoms with Crippen LogP contribution in [-0.4, -0.2) is 15.1 Å². The van der Waals surface area contributed by atoms with Crippen LogP contribution in [0.25, 0.3) is 16.5 Å². The van der Waals surface area contributed by atoms with Crippen molar-refractivity contribution in [1.29, 1.82) is 0 Å². The molecule has 31 heavy (non-hydrogen) atoms. The lowest BCUT2D eigenvalue weighted by Crippen LogP contribution is -2.10. The first-order valence-electron chi connectivity index (χ1n) is 9.92. The van der Waals surface area contributed by atoms with Gasteiger partial charge in [-0.05, 0) is 42.3 Å². The highest BCUT2D eigenvalue weighted by Gasteiger charge is 2.34. The summed E-state index contributed by atoms with van der Waals surface area (Å²) >= 11 is 0. The molecule has 0 spiro atoms. The molecule has 0 amide bonds. The Morgan fingerprint density at radius 1 is 1.13 bits per heavy atom. The Morgan fingerprint density at radius 3 is 2.45 bits per heavy atom. The smallest absolute Gasteiger partial charge is 0.382 e. The number of aromatic nitrogens is 2. The predicted molar refractivity (Wildman–Crippen MR) is 119 cm³/mol. The third kappa shape index (κ3) is 5.47. The van der Waals surface area contributed by atoms with Crippen LogP contribution < -0.4 is 0 Å². The molecule has 0 aliphatic rings. The van der Waals surface area contributed by atoms with Crippen molar-refractivity contribution in [3.8, 4) is 0 Å². The van der Waals surface area contributed by atoms with Gasteiger partial charge in [-0.1, -0.05) is 62.9 Å². The highest BCUT2D eigenvalue weighted by Crippen LogP contribution is 2.38. The van der Waals surface area contributed by atoms with Crippen molar-refractivity contribution in [2.45, 2.75) is 33.1 Å². The molecular formula is C25H25F3N2O. The number of para-hydroxylation sites is 1. The van der Waals surface area contributed by atoms with E-state index in [1.165, 1.54) is 18.3 Å². The van der Waals surface area contributed by atoms with Crippen LogP contribution in [0.15, 0.2) is 79.5 Å². The first kappa shape index (κ1) is 24.0. The summed E-state index contributed by atoms with van der Waals surface area (Å²) in [5.74, 6) is 0. The molecule has 0 aliphatic heterocycles. The van der Waals surface area contributed by atoms with Gasteiger partial charge in [0.05, 0.1) is 22.5 Å². The Balaban J connectivity index is 0.00000166. The average Bonchev–Trinajstić information content (AvgIpc) is 2.79. The zero-order valence-electron chi connectivity index (χ0n) is 17.7. The molecule has 0 fully saturated rings. The van der Waals surface area contributed by atoms with Gasteiger partial charge in [-0.15, -0.1) is 0 Å². The van der Waals surface area contributed by atoms with Crippen LogP contribution in [0.3, 0.4) is 0 Å². The van der Waals surface area contributed by atoms with Gasteiger partial charge in [-0.2, -0.15) is 13.2 Å². The molecule has 1 aromatic carbocycles. The molecular weight excluding hydrogens is 401 g/mol. The monoisotopic (exact) mass is 426 g/mol. The first-order chi connectivity index (χ1) is 14.9. The fourth-order valence-corrected chi connectivity index (χ4v) is 3.08. The van der Waals surface area contributed by atoms with Crippen molar-refractivity contribution in [3.05, 3.63) is 102 Å². The molecule has 0 saturated heterocycles. The number of hydrogen-bond acceptors (Lipinski definition) is 3. The van der Waals surface area contributed by atoms with E-state index in [1.807, 2.05) is 13.8 Å². The van der Waals surface area contributed by atoms with Gasteiger partial charge >= 0.3 is 6.18 Å². The minimum Gasteiger partial charge on any atom is -0.382 e. The van der Waals surface area contributed by atoms with Gasteiger partial charge in [0.2, 0.25) is 0 Å². The average molecular weight is 426 g/mol. The molecule has 0 aliphatic carbocycles. The summed E-state index contributed by atoms with van der Waals surface area (Å²) in [4.78, 5) is 8.44. The Bertz CT molecular complexity index is 1090. The summed E-state index contributed by atoms with van der Waals surface area (Å²) in [6.07, 6.45) is 2.42. The lowest BCUT2D eigenvalue weighted by Gasteiger charge is -2.18. The number of allylic oxidation sites excluding steroid dienone is 5. The van der Waals surface area contributed by atoms with E-state index < -0.39 is 17.8 Å². The molecule has 3 rings (SSSR count). The lowest BCUT2D eigenvalue weighted by molar-refractivity contribution is -0.136.